The van der Waals surface area contributed by atoms with Crippen LogP contribution in [0.25, 0.3) is 22.4 Å². The molecule has 0 unspecified atom stereocenters. The number of halogens is 1. The summed E-state index contributed by atoms with van der Waals surface area (Å²) in [6.45, 7) is -0.259. The molecule has 0 bridgehead atoms. The van der Waals surface area contributed by atoms with E-state index in [2.05, 4.69) is 15.5 Å². The lowest BCUT2D eigenvalue weighted by Gasteiger charge is -2.04. The Morgan fingerprint density at radius 2 is 1.81 bits per heavy atom. The number of nitriles is 1. The van der Waals surface area contributed by atoms with Crippen molar-refractivity contribution < 1.29 is 4.79 Å². The van der Waals surface area contributed by atoms with Crippen LogP contribution in [0.3, 0.4) is 0 Å². The maximum Gasteiger partial charge on any atom is 0.350 e. The molecule has 32 heavy (non-hydrogen) atoms. The lowest BCUT2D eigenvalue weighted by molar-refractivity contribution is -0.117. The summed E-state index contributed by atoms with van der Waals surface area (Å²) in [6.07, 6.45) is 3.22. The van der Waals surface area contributed by atoms with Gasteiger partial charge in [0, 0.05) is 28.7 Å². The van der Waals surface area contributed by atoms with Gasteiger partial charge in [0.25, 0.3) is 0 Å². The molecule has 0 saturated heterocycles. The molecule has 1 amide bonds. The maximum absolute atomic E-state index is 12.8. The van der Waals surface area contributed by atoms with E-state index in [9.17, 15) is 9.59 Å². The van der Waals surface area contributed by atoms with Crippen molar-refractivity contribution in [1.82, 2.24) is 23.8 Å². The number of anilines is 1. The fraction of sp³-hybridized carbons (Fsp3) is 0.0455. The summed E-state index contributed by atoms with van der Waals surface area (Å²) in [6, 6.07) is 17.6. The van der Waals surface area contributed by atoms with Crippen molar-refractivity contribution in [2.45, 2.75) is 6.54 Å². The van der Waals surface area contributed by atoms with Gasteiger partial charge in [-0.2, -0.15) is 10.4 Å². The van der Waals surface area contributed by atoms with Gasteiger partial charge in [-0.1, -0.05) is 23.7 Å². The van der Waals surface area contributed by atoms with E-state index in [1.807, 2.05) is 24.3 Å². The third-order valence-electron chi connectivity index (χ3n) is 4.92. The molecular formula is C22H14ClN7O2. The Kier molecular flexibility index (Phi) is 4.69. The van der Waals surface area contributed by atoms with Gasteiger partial charge in [-0.15, -0.1) is 5.10 Å². The standard InChI is InChI=1S/C22H14ClN7O2/c23-16-5-3-15(4-6-16)18-11-19-21-27-30(22(32)28(21)9-10-29(19)26-18)13-20(31)25-17-7-1-14(12-24)2-8-17/h1-11H,13H2,(H,25,31). The average Bonchev–Trinajstić information content (AvgIpc) is 3.36. The van der Waals surface area contributed by atoms with E-state index in [1.54, 1.807) is 53.3 Å². The quantitative estimate of drug-likeness (QED) is 0.459. The molecule has 3 heterocycles. The van der Waals surface area contributed by atoms with Crippen molar-refractivity contribution in [3.63, 3.8) is 0 Å². The van der Waals surface area contributed by atoms with Gasteiger partial charge in [-0.25, -0.2) is 18.4 Å². The van der Waals surface area contributed by atoms with Crippen LogP contribution in [0.2, 0.25) is 5.02 Å². The fourth-order valence-electron chi connectivity index (χ4n) is 3.36. The molecule has 1 N–H and O–H groups in total. The summed E-state index contributed by atoms with van der Waals surface area (Å²) in [5.41, 5.74) is 3.16. The van der Waals surface area contributed by atoms with Gasteiger partial charge < -0.3 is 5.32 Å². The summed E-state index contributed by atoms with van der Waals surface area (Å²) in [7, 11) is 0. The highest BCUT2D eigenvalue weighted by atomic mass is 35.5. The van der Waals surface area contributed by atoms with E-state index in [1.165, 1.54) is 4.40 Å². The number of nitrogens with zero attached hydrogens (tertiary/aromatic N) is 6. The van der Waals surface area contributed by atoms with Crippen molar-refractivity contribution in [2.75, 3.05) is 5.32 Å². The van der Waals surface area contributed by atoms with Crippen LogP contribution in [0.5, 0.6) is 0 Å². The number of carbonyl (C=O) groups excluding carboxylic acids is 1. The molecule has 2 aromatic carbocycles. The van der Waals surface area contributed by atoms with Crippen LogP contribution in [-0.4, -0.2) is 29.7 Å². The second-order valence-electron chi connectivity index (χ2n) is 7.04. The zero-order valence-corrected chi connectivity index (χ0v) is 17.2. The van der Waals surface area contributed by atoms with Crippen molar-refractivity contribution in [1.29, 1.82) is 5.26 Å². The molecule has 0 aliphatic rings. The van der Waals surface area contributed by atoms with Gasteiger partial charge in [0.15, 0.2) is 5.65 Å². The first-order chi connectivity index (χ1) is 15.5. The number of fused-ring (bicyclic) bond motifs is 3. The van der Waals surface area contributed by atoms with E-state index < -0.39 is 11.6 Å². The number of aromatic nitrogens is 5. The van der Waals surface area contributed by atoms with Gasteiger partial charge in [0.05, 0.1) is 17.3 Å². The van der Waals surface area contributed by atoms with E-state index in [4.69, 9.17) is 16.9 Å². The monoisotopic (exact) mass is 443 g/mol. The van der Waals surface area contributed by atoms with Crippen molar-refractivity contribution in [3.8, 4) is 17.3 Å². The Morgan fingerprint density at radius 3 is 2.53 bits per heavy atom. The molecule has 0 saturated carbocycles. The van der Waals surface area contributed by atoms with Crippen LogP contribution in [0, 0.1) is 11.3 Å². The minimum Gasteiger partial charge on any atom is -0.324 e. The van der Waals surface area contributed by atoms with Gasteiger partial charge >= 0.3 is 5.69 Å². The second-order valence-corrected chi connectivity index (χ2v) is 7.47. The van der Waals surface area contributed by atoms with Crippen LogP contribution < -0.4 is 11.0 Å². The number of nitrogens with one attached hydrogen (secondary N) is 1. The first-order valence-electron chi connectivity index (χ1n) is 9.55. The minimum absolute atomic E-state index is 0.259. The number of amides is 1. The van der Waals surface area contributed by atoms with Gasteiger partial charge in [-0.3, -0.25) is 4.79 Å². The van der Waals surface area contributed by atoms with E-state index in [-0.39, 0.29) is 6.54 Å². The smallest absolute Gasteiger partial charge is 0.324 e. The molecule has 0 radical (unpaired) electrons. The molecule has 5 rings (SSSR count). The van der Waals surface area contributed by atoms with E-state index in [0.717, 1.165) is 10.2 Å². The number of rotatable bonds is 4. The zero-order valence-electron chi connectivity index (χ0n) is 16.4. The van der Waals surface area contributed by atoms with Crippen LogP contribution in [0.4, 0.5) is 5.69 Å². The molecule has 10 heteroatoms. The predicted octanol–water partition coefficient (Wildman–Crippen LogP) is 2.97. The van der Waals surface area contributed by atoms with Crippen LogP contribution >= 0.6 is 11.6 Å². The number of benzene rings is 2. The maximum atomic E-state index is 12.8. The lowest BCUT2D eigenvalue weighted by Crippen LogP contribution is -2.28. The van der Waals surface area contributed by atoms with E-state index >= 15 is 0 Å². The highest BCUT2D eigenvalue weighted by Crippen LogP contribution is 2.23. The summed E-state index contributed by atoms with van der Waals surface area (Å²) in [5.74, 6) is -0.411. The Hall–Kier alpha value is -4.42. The van der Waals surface area contributed by atoms with E-state index in [0.29, 0.717) is 33.1 Å². The Morgan fingerprint density at radius 1 is 1.06 bits per heavy atom. The van der Waals surface area contributed by atoms with Crippen LogP contribution in [0.1, 0.15) is 5.56 Å². The Balaban J connectivity index is 1.46. The first kappa shape index (κ1) is 19.5. The summed E-state index contributed by atoms with van der Waals surface area (Å²) >= 11 is 5.96. The van der Waals surface area contributed by atoms with Crippen molar-refractivity contribution in [2.24, 2.45) is 0 Å². The molecule has 0 atom stereocenters. The van der Waals surface area contributed by atoms with Crippen molar-refractivity contribution >= 4 is 34.4 Å². The molecule has 3 aromatic heterocycles. The molecular weight excluding hydrogens is 430 g/mol. The first-order valence-corrected chi connectivity index (χ1v) is 9.93. The highest BCUT2D eigenvalue weighted by Gasteiger charge is 2.15. The summed E-state index contributed by atoms with van der Waals surface area (Å²) in [5, 5.41) is 21.1. The van der Waals surface area contributed by atoms with Crippen LogP contribution in [0.15, 0.2) is 71.8 Å². The second kappa shape index (κ2) is 7.68. The molecule has 9 nitrogen and oxygen atoms in total. The van der Waals surface area contributed by atoms with Gasteiger partial charge in [0.1, 0.15) is 12.1 Å². The summed E-state index contributed by atoms with van der Waals surface area (Å²) < 4.78 is 4.10. The third kappa shape index (κ3) is 3.49. The van der Waals surface area contributed by atoms with Crippen molar-refractivity contribution in [3.05, 3.63) is 88.1 Å². The zero-order chi connectivity index (χ0) is 22.2. The fourth-order valence-corrected chi connectivity index (χ4v) is 3.49. The third-order valence-corrected chi connectivity index (χ3v) is 5.18. The van der Waals surface area contributed by atoms with Crippen LogP contribution in [-0.2, 0) is 11.3 Å². The Labute approximate surface area is 185 Å². The molecule has 156 valence electrons. The Bertz CT molecular complexity index is 1570. The predicted molar refractivity (Wildman–Crippen MR) is 118 cm³/mol. The molecule has 0 aliphatic heterocycles. The molecule has 0 fully saturated rings. The summed E-state index contributed by atoms with van der Waals surface area (Å²) in [4.78, 5) is 25.2. The minimum atomic E-state index is -0.438. The lowest BCUT2D eigenvalue weighted by atomic mass is 10.1. The topological polar surface area (TPSA) is 109 Å². The SMILES string of the molecule is N#Cc1ccc(NC(=O)Cn2nc3c4cc(-c5ccc(Cl)cc5)nn4ccn3c2=O)cc1. The van der Waals surface area contributed by atoms with Gasteiger partial charge in [-0.05, 0) is 42.5 Å². The molecule has 5 aromatic rings. The normalized spacial score (nSPS) is 11.0. The molecule has 0 spiro atoms. The molecule has 0 aliphatic carbocycles. The largest absolute Gasteiger partial charge is 0.350 e. The average molecular weight is 444 g/mol. The van der Waals surface area contributed by atoms with Gasteiger partial charge in [0.2, 0.25) is 5.91 Å². The number of carbonyl (C=O) groups is 1. The number of hydrogen-bond acceptors (Lipinski definition) is 5. The highest BCUT2D eigenvalue weighted by molar-refractivity contribution is 6.30. The number of hydrogen-bond donors (Lipinski definition) is 1.